The molecule has 0 atom stereocenters. The molecule has 0 aliphatic heterocycles. The number of hydrogen-bond acceptors (Lipinski definition) is 4. The van der Waals surface area contributed by atoms with Crippen molar-refractivity contribution in [2.24, 2.45) is 0 Å². The first-order valence-electron chi connectivity index (χ1n) is 29.1. The zero-order valence-corrected chi connectivity index (χ0v) is 48.1. The van der Waals surface area contributed by atoms with Crippen LogP contribution in [0.5, 0.6) is 0 Å². The molecule has 18 aromatic rings. The highest BCUT2D eigenvalue weighted by atomic mass is 32.1. The number of aromatic nitrogens is 2. The summed E-state index contributed by atoms with van der Waals surface area (Å²) < 4.78 is 15.9. The fourth-order valence-corrected chi connectivity index (χ4v) is 16.5. The van der Waals surface area contributed by atoms with Gasteiger partial charge in [-0.25, -0.2) is 4.85 Å². The van der Waals surface area contributed by atoms with Crippen LogP contribution in [0.3, 0.4) is 0 Å². The molecule has 0 radical (unpaired) electrons. The number of nitriles is 1. The van der Waals surface area contributed by atoms with Crippen molar-refractivity contribution in [2.45, 2.75) is 0 Å². The summed E-state index contributed by atoms with van der Waals surface area (Å²) >= 11 is 3.60. The van der Waals surface area contributed by atoms with Crippen LogP contribution in [0.2, 0.25) is 0 Å². The average molecular weight is 1140 g/mol. The molecule has 0 bridgehead atoms. The maximum atomic E-state index is 12.5. The fourth-order valence-electron chi connectivity index (χ4n) is 14.0. The van der Waals surface area contributed by atoms with E-state index in [4.69, 9.17) is 9.26 Å². The predicted molar refractivity (Wildman–Crippen MR) is 366 cm³/mol. The first kappa shape index (κ1) is 49.1. The second-order valence-electron chi connectivity index (χ2n) is 22.4. The van der Waals surface area contributed by atoms with Gasteiger partial charge in [0.25, 0.3) is 0 Å². The number of furan rings is 1. The number of para-hydroxylation sites is 2. The van der Waals surface area contributed by atoms with Gasteiger partial charge in [0, 0.05) is 74.4 Å². The van der Waals surface area contributed by atoms with Crippen LogP contribution in [-0.2, 0) is 0 Å². The third-order valence-corrected chi connectivity index (χ3v) is 20.2. The minimum absolute atomic E-state index is 0.387. The Hall–Kier alpha value is -11.3. The number of benzene rings is 13. The van der Waals surface area contributed by atoms with Gasteiger partial charge in [0.2, 0.25) is 5.69 Å². The van der Waals surface area contributed by atoms with E-state index in [2.05, 4.69) is 240 Å². The molecule has 87 heavy (non-hydrogen) atoms. The van der Waals surface area contributed by atoms with Crippen LogP contribution in [0.1, 0.15) is 5.56 Å². The summed E-state index contributed by atoms with van der Waals surface area (Å²) in [5.41, 5.74) is 17.5. The topological polar surface area (TPSA) is 51.1 Å². The second kappa shape index (κ2) is 19.1. The summed E-state index contributed by atoms with van der Waals surface area (Å²) in [5.74, 6) is 0. The molecule has 0 aliphatic carbocycles. The van der Waals surface area contributed by atoms with Gasteiger partial charge in [0.1, 0.15) is 17.2 Å². The van der Waals surface area contributed by atoms with E-state index in [0.717, 1.165) is 136 Å². The van der Waals surface area contributed by atoms with Gasteiger partial charge in [-0.05, 0) is 93.0 Å². The smallest absolute Gasteiger partial charge is 0.220 e. The van der Waals surface area contributed by atoms with Gasteiger partial charge in [0.15, 0.2) is 0 Å². The molecule has 0 saturated heterocycles. The van der Waals surface area contributed by atoms with Gasteiger partial charge in [0.05, 0.1) is 55.0 Å². The lowest BCUT2D eigenvalue weighted by Gasteiger charge is -2.26. The fraction of sp³-hybridized carbons (Fsp3) is 0. The molecule has 7 heteroatoms. The Kier molecular flexibility index (Phi) is 10.8. The molecule has 18 rings (SSSR count). The number of nitrogens with zero attached hydrogens (tertiary/aromatic N) is 4. The van der Waals surface area contributed by atoms with E-state index in [9.17, 15) is 11.8 Å². The number of rotatable bonds is 7. The highest BCUT2D eigenvalue weighted by Crippen LogP contribution is 2.55. The molecule has 0 N–H and O–H groups in total. The standard InChI is InChI=1S/C80H44N4OS2/c1-82-74-71(49-23-10-4-11-24-49)64(46-81)75(72(50-25-12-5-13-26-50)78(74)83-65-30-16-14-27-55(65)56-36-33-53(45-66(56)83)54-29-18-32-68-73(54)61-28-15-17-31-67(61)85-68)84-76-57(37-39-59-62-43-51(47-19-6-2-7-20-47)34-41-69(62)86-79(59)76)58-38-40-60-63-44-52(48-21-8-3-9-22-48)35-42-70(63)87-80(60)77(58)84/h2-45H. The molecule has 5 aromatic heterocycles. The zero-order valence-electron chi connectivity index (χ0n) is 46.4. The summed E-state index contributed by atoms with van der Waals surface area (Å²) in [6.07, 6.45) is 0. The summed E-state index contributed by atoms with van der Waals surface area (Å²) in [6, 6.07) is 97.5. The highest BCUT2D eigenvalue weighted by molar-refractivity contribution is 7.27. The number of hydrogen-bond donors (Lipinski definition) is 0. The molecule has 0 amide bonds. The first-order valence-corrected chi connectivity index (χ1v) is 30.7. The van der Waals surface area contributed by atoms with Gasteiger partial charge < -0.3 is 13.6 Å². The monoisotopic (exact) mass is 1140 g/mol. The van der Waals surface area contributed by atoms with E-state index < -0.39 is 0 Å². The SMILES string of the molecule is [C-]#[N+]c1c(-c2ccccc2)c(C#N)c(-n2c3c(ccc4c5cc(-c6ccccc6)ccc5sc43)c3ccc4c5cc(-c6ccccc6)ccc5sc4c32)c(-c2ccccc2)c1-n1c2ccccc2c2ccc(-c3cccc4oc5ccccc5c34)cc21. The quantitative estimate of drug-likeness (QED) is 0.149. The Bertz CT molecular complexity index is 5840. The van der Waals surface area contributed by atoms with Gasteiger partial charge in [-0.2, -0.15) is 5.26 Å². The molecule has 0 fully saturated rings. The molecular formula is C80H44N4OS2. The molecule has 402 valence electrons. The highest BCUT2D eigenvalue weighted by Gasteiger charge is 2.33. The Morgan fingerprint density at radius 3 is 1.46 bits per heavy atom. The van der Waals surface area contributed by atoms with Crippen molar-refractivity contribution < 1.29 is 4.42 Å². The summed E-state index contributed by atoms with van der Waals surface area (Å²) in [6.45, 7) is 9.64. The Morgan fingerprint density at radius 2 is 0.862 bits per heavy atom. The van der Waals surface area contributed by atoms with Gasteiger partial charge in [-0.15, -0.1) is 22.7 Å². The lowest BCUT2D eigenvalue weighted by Crippen LogP contribution is -2.09. The third-order valence-electron chi connectivity index (χ3n) is 17.8. The van der Waals surface area contributed by atoms with Crippen molar-refractivity contribution in [3.05, 3.63) is 284 Å². The molecule has 0 saturated carbocycles. The molecule has 0 spiro atoms. The van der Waals surface area contributed by atoms with Crippen molar-refractivity contribution in [2.75, 3.05) is 0 Å². The Labute approximate surface area is 506 Å². The Balaban J connectivity index is 1.05. The van der Waals surface area contributed by atoms with Crippen molar-refractivity contribution >= 4 is 134 Å². The molecule has 13 aromatic carbocycles. The zero-order chi connectivity index (χ0) is 57.4. The normalized spacial score (nSPS) is 11.9. The lowest BCUT2D eigenvalue weighted by molar-refractivity contribution is 0.669. The van der Waals surface area contributed by atoms with Crippen molar-refractivity contribution in [3.63, 3.8) is 0 Å². The van der Waals surface area contributed by atoms with E-state index in [1.807, 2.05) is 42.5 Å². The maximum Gasteiger partial charge on any atom is 0.220 e. The largest absolute Gasteiger partial charge is 0.456 e. The van der Waals surface area contributed by atoms with E-state index >= 15 is 0 Å². The summed E-state index contributed by atoms with van der Waals surface area (Å²) in [5, 5.41) is 23.5. The predicted octanol–water partition coefficient (Wildman–Crippen LogP) is 23.3. The molecule has 0 aliphatic rings. The minimum Gasteiger partial charge on any atom is -0.456 e. The Morgan fingerprint density at radius 1 is 0.368 bits per heavy atom. The van der Waals surface area contributed by atoms with E-state index in [-0.39, 0.29) is 0 Å². The summed E-state index contributed by atoms with van der Waals surface area (Å²) in [4.78, 5) is 4.69. The van der Waals surface area contributed by atoms with Crippen LogP contribution in [0.4, 0.5) is 5.69 Å². The van der Waals surface area contributed by atoms with Gasteiger partial charge >= 0.3 is 0 Å². The minimum atomic E-state index is 0.387. The van der Waals surface area contributed by atoms with E-state index in [1.165, 1.54) is 20.2 Å². The van der Waals surface area contributed by atoms with Crippen molar-refractivity contribution in [3.8, 4) is 73.1 Å². The molecule has 5 heterocycles. The van der Waals surface area contributed by atoms with Crippen LogP contribution in [0, 0.1) is 17.9 Å². The second-order valence-corrected chi connectivity index (χ2v) is 24.5. The van der Waals surface area contributed by atoms with Crippen LogP contribution >= 0.6 is 22.7 Å². The van der Waals surface area contributed by atoms with Crippen LogP contribution in [0.25, 0.3) is 178 Å². The first-order chi connectivity index (χ1) is 43.1. The van der Waals surface area contributed by atoms with E-state index in [1.54, 1.807) is 22.7 Å². The average Bonchev–Trinajstić information content (AvgIpc) is 1.67. The molecule has 0 unspecified atom stereocenters. The lowest BCUT2D eigenvalue weighted by atomic mass is 9.88. The third kappa shape index (κ3) is 7.22. The molecular weight excluding hydrogens is 1100 g/mol. The van der Waals surface area contributed by atoms with Crippen LogP contribution in [-0.4, -0.2) is 9.13 Å². The van der Waals surface area contributed by atoms with Crippen molar-refractivity contribution in [1.82, 2.24) is 9.13 Å². The van der Waals surface area contributed by atoms with E-state index in [0.29, 0.717) is 28.2 Å². The maximum absolute atomic E-state index is 12.5. The molecule has 5 nitrogen and oxygen atoms in total. The van der Waals surface area contributed by atoms with Crippen LogP contribution < -0.4 is 0 Å². The number of thiophene rings is 2. The van der Waals surface area contributed by atoms with Crippen LogP contribution in [0.15, 0.2) is 271 Å². The summed E-state index contributed by atoms with van der Waals surface area (Å²) in [7, 11) is 0. The van der Waals surface area contributed by atoms with Gasteiger partial charge in [-0.3, -0.25) is 0 Å². The van der Waals surface area contributed by atoms with Gasteiger partial charge in [-0.1, -0.05) is 218 Å². The van der Waals surface area contributed by atoms with Crippen molar-refractivity contribution in [1.29, 1.82) is 5.26 Å². The number of fused-ring (bicyclic) bond motifs is 17.